The average molecular weight is 517 g/mol. The topological polar surface area (TPSA) is 76.5 Å². The van der Waals surface area contributed by atoms with Gasteiger partial charge in [-0.2, -0.15) is 5.10 Å². The average Bonchev–Trinajstić information content (AvgIpc) is 3.23. The Labute approximate surface area is 216 Å². The van der Waals surface area contributed by atoms with Crippen LogP contribution in [-0.4, -0.2) is 46.2 Å². The van der Waals surface area contributed by atoms with Crippen molar-refractivity contribution < 1.29 is 14.3 Å². The van der Waals surface area contributed by atoms with Crippen molar-refractivity contribution >= 4 is 40.8 Å². The molecule has 0 fully saturated rings. The lowest BCUT2D eigenvalue weighted by Gasteiger charge is -2.26. The lowest BCUT2D eigenvalue weighted by molar-refractivity contribution is -0.117. The minimum absolute atomic E-state index is 0.143. The zero-order chi connectivity index (χ0) is 25.9. The summed E-state index contributed by atoms with van der Waals surface area (Å²) in [6.45, 7) is 9.71. The van der Waals surface area contributed by atoms with Crippen molar-refractivity contribution in [1.82, 2.24) is 14.7 Å². The number of ether oxygens (including phenoxy) is 1. The van der Waals surface area contributed by atoms with Gasteiger partial charge in [0, 0.05) is 23.1 Å². The van der Waals surface area contributed by atoms with E-state index in [1.165, 1.54) is 11.0 Å². The van der Waals surface area contributed by atoms with Crippen molar-refractivity contribution in [3.05, 3.63) is 69.8 Å². The molecule has 0 saturated heterocycles. The summed E-state index contributed by atoms with van der Waals surface area (Å²) < 4.78 is 6.92. The molecule has 0 spiro atoms. The third-order valence-corrected chi connectivity index (χ3v) is 6.17. The number of nitrogens with zero attached hydrogens (tertiary/aromatic N) is 3. The summed E-state index contributed by atoms with van der Waals surface area (Å²) in [6, 6.07) is 13.7. The van der Waals surface area contributed by atoms with E-state index in [1.54, 1.807) is 23.9 Å². The number of benzene rings is 2. The largest absolute Gasteiger partial charge is 0.497 e. The molecule has 2 aromatic carbocycles. The predicted octanol–water partition coefficient (Wildman–Crippen LogP) is 5.97. The Kier molecular flexibility index (Phi) is 8.13. The molecule has 7 nitrogen and oxygen atoms in total. The Morgan fingerprint density at radius 1 is 1.06 bits per heavy atom. The Hall–Kier alpha value is -3.03. The molecule has 1 aromatic heterocycles. The molecule has 0 radical (unpaired) electrons. The SMILES string of the molecule is COc1ccc(-n2nc(C(C)(C)C)cc2NC(=O)CN(C(=O)c2ccc(Cl)c(Cl)c2)C(C)C)cc1. The van der Waals surface area contributed by atoms with Crippen molar-refractivity contribution in [2.45, 2.75) is 46.1 Å². The summed E-state index contributed by atoms with van der Waals surface area (Å²) in [5.41, 5.74) is 1.71. The molecule has 0 aliphatic heterocycles. The fourth-order valence-corrected chi connectivity index (χ4v) is 3.68. The fourth-order valence-electron chi connectivity index (χ4n) is 3.38. The van der Waals surface area contributed by atoms with E-state index in [2.05, 4.69) is 26.1 Å². The molecule has 1 N–H and O–H groups in total. The highest BCUT2D eigenvalue weighted by molar-refractivity contribution is 6.42. The smallest absolute Gasteiger partial charge is 0.254 e. The molecule has 35 heavy (non-hydrogen) atoms. The van der Waals surface area contributed by atoms with Crippen LogP contribution in [0.3, 0.4) is 0 Å². The number of hydrogen-bond donors (Lipinski definition) is 1. The van der Waals surface area contributed by atoms with Crippen LogP contribution in [0.2, 0.25) is 10.0 Å². The summed E-state index contributed by atoms with van der Waals surface area (Å²) in [6.07, 6.45) is 0. The van der Waals surface area contributed by atoms with Gasteiger partial charge in [-0.15, -0.1) is 0 Å². The molecular weight excluding hydrogens is 487 g/mol. The van der Waals surface area contributed by atoms with Gasteiger partial charge >= 0.3 is 0 Å². The van der Waals surface area contributed by atoms with Crippen molar-refractivity contribution in [1.29, 1.82) is 0 Å². The molecular formula is C26H30Cl2N4O3. The molecule has 0 atom stereocenters. The van der Waals surface area contributed by atoms with E-state index in [0.29, 0.717) is 16.4 Å². The molecule has 0 bridgehead atoms. The Morgan fingerprint density at radius 3 is 2.26 bits per heavy atom. The van der Waals surface area contributed by atoms with E-state index < -0.39 is 0 Å². The minimum atomic E-state index is -0.345. The zero-order valence-corrected chi connectivity index (χ0v) is 22.2. The van der Waals surface area contributed by atoms with Gasteiger partial charge in [0.2, 0.25) is 5.91 Å². The van der Waals surface area contributed by atoms with Gasteiger partial charge in [-0.05, 0) is 56.3 Å². The van der Waals surface area contributed by atoms with Crippen LogP contribution >= 0.6 is 23.2 Å². The number of rotatable bonds is 7. The monoisotopic (exact) mass is 516 g/mol. The maximum absolute atomic E-state index is 13.1. The molecule has 9 heteroatoms. The van der Waals surface area contributed by atoms with Gasteiger partial charge < -0.3 is 15.0 Å². The first kappa shape index (κ1) is 26.6. The van der Waals surface area contributed by atoms with Gasteiger partial charge in [-0.3, -0.25) is 9.59 Å². The van der Waals surface area contributed by atoms with Crippen molar-refractivity contribution in [2.75, 3.05) is 19.0 Å². The van der Waals surface area contributed by atoms with Crippen molar-refractivity contribution in [2.24, 2.45) is 0 Å². The summed E-state index contributed by atoms with van der Waals surface area (Å²) in [7, 11) is 1.60. The van der Waals surface area contributed by atoms with Gasteiger partial charge in [0.25, 0.3) is 5.91 Å². The first-order chi connectivity index (χ1) is 16.4. The Balaban J connectivity index is 1.87. The second-order valence-electron chi connectivity index (χ2n) is 9.48. The van der Waals surface area contributed by atoms with Crippen LogP contribution in [0.1, 0.15) is 50.7 Å². The van der Waals surface area contributed by atoms with Gasteiger partial charge in [0.15, 0.2) is 0 Å². The number of carbonyl (C=O) groups excluding carboxylic acids is 2. The second-order valence-corrected chi connectivity index (χ2v) is 10.3. The second kappa shape index (κ2) is 10.7. The van der Waals surface area contributed by atoms with Crippen molar-refractivity contribution in [3.8, 4) is 11.4 Å². The van der Waals surface area contributed by atoms with Gasteiger partial charge in [-0.25, -0.2) is 4.68 Å². The fraction of sp³-hybridized carbons (Fsp3) is 0.346. The third kappa shape index (κ3) is 6.35. The predicted molar refractivity (Wildman–Crippen MR) is 140 cm³/mol. The summed E-state index contributed by atoms with van der Waals surface area (Å²) >= 11 is 12.1. The number of halogens is 2. The number of carbonyl (C=O) groups is 2. The molecule has 0 aliphatic rings. The number of hydrogen-bond acceptors (Lipinski definition) is 4. The van der Waals surface area contributed by atoms with Gasteiger partial charge in [0.05, 0.1) is 28.5 Å². The molecule has 3 rings (SSSR count). The quantitative estimate of drug-likeness (QED) is 0.419. The van der Waals surface area contributed by atoms with E-state index in [1.807, 2.05) is 44.2 Å². The van der Waals surface area contributed by atoms with Crippen LogP contribution in [-0.2, 0) is 10.2 Å². The maximum Gasteiger partial charge on any atom is 0.254 e. The molecule has 2 amide bonds. The van der Waals surface area contributed by atoms with Crippen LogP contribution in [0, 0.1) is 0 Å². The standard InChI is InChI=1S/C26H30Cl2N4O3/c1-16(2)31(25(34)17-7-12-20(27)21(28)13-17)15-24(33)29-23-14-22(26(3,4)5)30-32(23)18-8-10-19(35-6)11-9-18/h7-14,16H,15H2,1-6H3,(H,29,33). The summed E-state index contributed by atoms with van der Waals surface area (Å²) in [4.78, 5) is 27.7. The minimum Gasteiger partial charge on any atom is -0.497 e. The summed E-state index contributed by atoms with van der Waals surface area (Å²) in [5.74, 6) is 0.571. The first-order valence-corrected chi connectivity index (χ1v) is 12.0. The number of methoxy groups -OCH3 is 1. The molecule has 0 unspecified atom stereocenters. The third-order valence-electron chi connectivity index (χ3n) is 5.43. The van der Waals surface area contributed by atoms with Crippen LogP contribution in [0.4, 0.5) is 5.82 Å². The van der Waals surface area contributed by atoms with Gasteiger partial charge in [0.1, 0.15) is 18.1 Å². The molecule has 0 aliphatic carbocycles. The van der Waals surface area contributed by atoms with E-state index in [9.17, 15) is 9.59 Å². The van der Waals surface area contributed by atoms with Gasteiger partial charge in [-0.1, -0.05) is 44.0 Å². The highest BCUT2D eigenvalue weighted by Crippen LogP contribution is 2.27. The molecule has 186 valence electrons. The molecule has 3 aromatic rings. The number of nitrogens with one attached hydrogen (secondary N) is 1. The zero-order valence-electron chi connectivity index (χ0n) is 20.7. The lowest BCUT2D eigenvalue weighted by atomic mass is 9.92. The van der Waals surface area contributed by atoms with Crippen LogP contribution < -0.4 is 10.1 Å². The Bertz CT molecular complexity index is 1210. The van der Waals surface area contributed by atoms with E-state index in [4.69, 9.17) is 33.0 Å². The van der Waals surface area contributed by atoms with Crippen LogP contribution in [0.25, 0.3) is 5.69 Å². The van der Waals surface area contributed by atoms with Crippen LogP contribution in [0.5, 0.6) is 5.75 Å². The van der Waals surface area contributed by atoms with E-state index in [0.717, 1.165) is 17.1 Å². The first-order valence-electron chi connectivity index (χ1n) is 11.2. The van der Waals surface area contributed by atoms with Crippen LogP contribution in [0.15, 0.2) is 48.5 Å². The number of anilines is 1. The van der Waals surface area contributed by atoms with E-state index >= 15 is 0 Å². The van der Waals surface area contributed by atoms with Crippen molar-refractivity contribution in [3.63, 3.8) is 0 Å². The molecule has 1 heterocycles. The lowest BCUT2D eigenvalue weighted by Crippen LogP contribution is -2.42. The number of amides is 2. The maximum atomic E-state index is 13.1. The normalized spacial score (nSPS) is 11.5. The Morgan fingerprint density at radius 2 is 1.71 bits per heavy atom. The number of aromatic nitrogens is 2. The highest BCUT2D eigenvalue weighted by atomic mass is 35.5. The molecule has 0 saturated carbocycles. The highest BCUT2D eigenvalue weighted by Gasteiger charge is 2.25. The summed E-state index contributed by atoms with van der Waals surface area (Å²) in [5, 5.41) is 8.30. The van der Waals surface area contributed by atoms with E-state index in [-0.39, 0.29) is 34.8 Å².